The highest BCUT2D eigenvalue weighted by Gasteiger charge is 2.33. The zero-order chi connectivity index (χ0) is 24.4. The second kappa shape index (κ2) is 10.2. The SMILES string of the molecule is CC(C)c1cccc(C(C)C)c1CC(=O)N(c1c(C(C)C)cccc1C(C)C)S(=O)(=O)O. The molecule has 1 amide bonds. The van der Waals surface area contributed by atoms with Crippen molar-refractivity contribution in [3.05, 3.63) is 64.2 Å². The highest BCUT2D eigenvalue weighted by molar-refractivity contribution is 7.88. The lowest BCUT2D eigenvalue weighted by atomic mass is 9.87. The van der Waals surface area contributed by atoms with Gasteiger partial charge >= 0.3 is 10.3 Å². The standard InChI is InChI=1S/C26H37NO4S/c1-16(2)20-11-9-12-21(17(3)4)24(20)15-25(28)27(32(29,30)31)26-22(18(5)6)13-10-14-23(26)19(7)8/h9-14,16-19H,15H2,1-8H3,(H,29,30,31). The Kier molecular flexibility index (Phi) is 8.29. The Labute approximate surface area is 193 Å². The Bertz CT molecular complexity index is 1020. The first kappa shape index (κ1) is 26.1. The number of amides is 1. The molecule has 0 saturated heterocycles. The third-order valence-electron chi connectivity index (χ3n) is 5.82. The molecular weight excluding hydrogens is 422 g/mol. The Morgan fingerprint density at radius 3 is 1.41 bits per heavy atom. The number of benzene rings is 2. The van der Waals surface area contributed by atoms with Gasteiger partial charge in [0.1, 0.15) is 0 Å². The quantitative estimate of drug-likeness (QED) is 0.454. The van der Waals surface area contributed by atoms with Crippen LogP contribution in [0.2, 0.25) is 0 Å². The Balaban J connectivity index is 2.74. The van der Waals surface area contributed by atoms with Gasteiger partial charge in [-0.3, -0.25) is 9.35 Å². The van der Waals surface area contributed by atoms with E-state index >= 15 is 0 Å². The molecule has 0 aliphatic rings. The minimum atomic E-state index is -4.83. The lowest BCUT2D eigenvalue weighted by Gasteiger charge is -2.28. The highest BCUT2D eigenvalue weighted by Crippen LogP contribution is 2.37. The van der Waals surface area contributed by atoms with Crippen LogP contribution in [0.5, 0.6) is 0 Å². The van der Waals surface area contributed by atoms with E-state index in [4.69, 9.17) is 0 Å². The van der Waals surface area contributed by atoms with Gasteiger partial charge in [0, 0.05) is 0 Å². The van der Waals surface area contributed by atoms with Gasteiger partial charge in [-0.1, -0.05) is 91.8 Å². The summed E-state index contributed by atoms with van der Waals surface area (Å²) < 4.78 is 36.1. The third kappa shape index (κ3) is 5.59. The van der Waals surface area contributed by atoms with Gasteiger partial charge in [-0.2, -0.15) is 12.7 Å². The van der Waals surface area contributed by atoms with E-state index in [1.54, 1.807) is 0 Å². The van der Waals surface area contributed by atoms with Gasteiger partial charge in [0.2, 0.25) is 5.91 Å². The van der Waals surface area contributed by atoms with Crippen LogP contribution in [-0.4, -0.2) is 18.9 Å². The summed E-state index contributed by atoms with van der Waals surface area (Å²) in [5.74, 6) is -0.378. The fraction of sp³-hybridized carbons (Fsp3) is 0.500. The smallest absolute Gasteiger partial charge is 0.273 e. The summed E-state index contributed by atoms with van der Waals surface area (Å²) in [5, 5.41) is 0. The average Bonchev–Trinajstić information content (AvgIpc) is 2.66. The number of rotatable bonds is 8. The first-order valence-corrected chi connectivity index (χ1v) is 12.7. The van der Waals surface area contributed by atoms with Crippen molar-refractivity contribution in [2.75, 3.05) is 4.31 Å². The molecule has 0 saturated carbocycles. The zero-order valence-electron chi connectivity index (χ0n) is 20.5. The van der Waals surface area contributed by atoms with Crippen molar-refractivity contribution in [1.29, 1.82) is 0 Å². The van der Waals surface area contributed by atoms with E-state index in [1.165, 1.54) is 0 Å². The molecule has 5 nitrogen and oxygen atoms in total. The lowest BCUT2D eigenvalue weighted by Crippen LogP contribution is -2.39. The minimum Gasteiger partial charge on any atom is -0.273 e. The zero-order valence-corrected chi connectivity index (χ0v) is 21.3. The van der Waals surface area contributed by atoms with Crippen LogP contribution in [0.3, 0.4) is 0 Å². The molecule has 0 aliphatic carbocycles. The molecule has 0 radical (unpaired) electrons. The fourth-order valence-electron chi connectivity index (χ4n) is 4.25. The van der Waals surface area contributed by atoms with Gasteiger partial charge in [-0.05, 0) is 51.5 Å². The van der Waals surface area contributed by atoms with Crippen LogP contribution in [0.1, 0.15) is 107 Å². The number of para-hydroxylation sites is 1. The Hall–Kier alpha value is -2.18. The summed E-state index contributed by atoms with van der Waals surface area (Å²) in [7, 11) is -4.83. The van der Waals surface area contributed by atoms with Gasteiger partial charge in [0.05, 0.1) is 12.1 Å². The van der Waals surface area contributed by atoms with Gasteiger partial charge in [0.15, 0.2) is 0 Å². The number of hydrogen-bond acceptors (Lipinski definition) is 3. The predicted octanol–water partition coefficient (Wildman–Crippen LogP) is 6.56. The van der Waals surface area contributed by atoms with Gasteiger partial charge in [0.25, 0.3) is 0 Å². The van der Waals surface area contributed by atoms with Gasteiger partial charge in [-0.15, -0.1) is 0 Å². The summed E-state index contributed by atoms with van der Waals surface area (Å²) in [6, 6.07) is 11.4. The van der Waals surface area contributed by atoms with Gasteiger partial charge in [-0.25, -0.2) is 0 Å². The molecule has 0 unspecified atom stereocenters. The number of hydrogen-bond donors (Lipinski definition) is 1. The molecule has 32 heavy (non-hydrogen) atoms. The topological polar surface area (TPSA) is 74.7 Å². The van der Waals surface area contributed by atoms with E-state index in [-0.39, 0.29) is 35.8 Å². The third-order valence-corrected chi connectivity index (χ3v) is 6.67. The molecule has 0 fully saturated rings. The Morgan fingerprint density at radius 1 is 0.750 bits per heavy atom. The molecule has 2 rings (SSSR count). The Morgan fingerprint density at radius 2 is 1.09 bits per heavy atom. The summed E-state index contributed by atoms with van der Waals surface area (Å²) in [6.45, 7) is 16.0. The van der Waals surface area contributed by atoms with E-state index in [0.717, 1.165) is 16.7 Å². The normalized spacial score (nSPS) is 12.3. The van der Waals surface area contributed by atoms with E-state index in [1.807, 2.05) is 64.1 Å². The molecule has 0 aliphatic heterocycles. The average molecular weight is 460 g/mol. The van der Waals surface area contributed by atoms with Gasteiger partial charge < -0.3 is 0 Å². The molecule has 176 valence electrons. The van der Waals surface area contributed by atoms with Crippen LogP contribution < -0.4 is 4.31 Å². The number of anilines is 1. The van der Waals surface area contributed by atoms with Crippen LogP contribution in [-0.2, 0) is 21.5 Å². The molecule has 2 aromatic rings. The molecule has 0 heterocycles. The van der Waals surface area contributed by atoms with Crippen molar-refractivity contribution in [2.45, 2.75) is 85.5 Å². The molecule has 1 N–H and O–H groups in total. The summed E-state index contributed by atoms with van der Waals surface area (Å²) >= 11 is 0. The maximum Gasteiger partial charge on any atom is 0.366 e. The fourth-order valence-corrected chi connectivity index (χ4v) is 5.01. The molecule has 0 atom stereocenters. The van der Waals surface area contributed by atoms with Crippen LogP contribution in [0.25, 0.3) is 0 Å². The van der Waals surface area contributed by atoms with Crippen molar-refractivity contribution in [3.63, 3.8) is 0 Å². The second-order valence-electron chi connectivity index (χ2n) is 9.63. The van der Waals surface area contributed by atoms with Crippen molar-refractivity contribution in [1.82, 2.24) is 0 Å². The predicted molar refractivity (Wildman–Crippen MR) is 132 cm³/mol. The van der Waals surface area contributed by atoms with Crippen molar-refractivity contribution in [2.24, 2.45) is 0 Å². The molecule has 0 spiro atoms. The molecule has 2 aromatic carbocycles. The van der Waals surface area contributed by atoms with E-state index in [2.05, 4.69) is 27.7 Å². The van der Waals surface area contributed by atoms with E-state index in [9.17, 15) is 17.8 Å². The maximum absolute atomic E-state index is 13.6. The second-order valence-corrected chi connectivity index (χ2v) is 10.9. The largest absolute Gasteiger partial charge is 0.366 e. The first-order valence-electron chi connectivity index (χ1n) is 11.3. The number of carbonyl (C=O) groups excluding carboxylic acids is 1. The van der Waals surface area contributed by atoms with Crippen LogP contribution >= 0.6 is 0 Å². The van der Waals surface area contributed by atoms with E-state index in [0.29, 0.717) is 15.4 Å². The van der Waals surface area contributed by atoms with Crippen molar-refractivity contribution < 1.29 is 17.8 Å². The monoisotopic (exact) mass is 459 g/mol. The van der Waals surface area contributed by atoms with E-state index < -0.39 is 16.2 Å². The summed E-state index contributed by atoms with van der Waals surface area (Å²) in [6.07, 6.45) is -0.106. The van der Waals surface area contributed by atoms with Crippen molar-refractivity contribution in [3.8, 4) is 0 Å². The maximum atomic E-state index is 13.6. The van der Waals surface area contributed by atoms with Crippen LogP contribution in [0.4, 0.5) is 5.69 Å². The first-order chi connectivity index (χ1) is 14.8. The summed E-state index contributed by atoms with van der Waals surface area (Å²) in [5.41, 5.74) is 4.57. The molecule has 6 heteroatoms. The molecular formula is C26H37NO4S. The van der Waals surface area contributed by atoms with Crippen molar-refractivity contribution >= 4 is 21.9 Å². The van der Waals surface area contributed by atoms with Crippen LogP contribution in [0.15, 0.2) is 36.4 Å². The lowest BCUT2D eigenvalue weighted by molar-refractivity contribution is -0.116. The summed E-state index contributed by atoms with van der Waals surface area (Å²) in [4.78, 5) is 13.6. The highest BCUT2D eigenvalue weighted by atomic mass is 32.2. The molecule has 0 bridgehead atoms. The minimum absolute atomic E-state index is 0.0325. The number of nitrogens with zero attached hydrogens (tertiary/aromatic N) is 1. The van der Waals surface area contributed by atoms with Crippen LogP contribution in [0, 0.1) is 0 Å². The number of carbonyl (C=O) groups is 1. The molecule has 0 aromatic heterocycles.